The van der Waals surface area contributed by atoms with E-state index in [-0.39, 0.29) is 10.9 Å². The maximum absolute atomic E-state index is 12.6. The molecule has 0 radical (unpaired) electrons. The van der Waals surface area contributed by atoms with Gasteiger partial charge in [0.05, 0.1) is 6.61 Å². The van der Waals surface area contributed by atoms with E-state index in [0.29, 0.717) is 43.3 Å². The van der Waals surface area contributed by atoms with Crippen LogP contribution in [0.2, 0.25) is 0 Å². The van der Waals surface area contributed by atoms with Crippen molar-refractivity contribution in [3.05, 3.63) is 17.1 Å². The van der Waals surface area contributed by atoms with Crippen LogP contribution in [0.5, 0.6) is 0 Å². The number of rotatable bonds is 7. The van der Waals surface area contributed by atoms with E-state index >= 15 is 0 Å². The van der Waals surface area contributed by atoms with Gasteiger partial charge in [0.1, 0.15) is 16.4 Å². The minimum Gasteiger partial charge on any atom is -0.465 e. The van der Waals surface area contributed by atoms with Gasteiger partial charge in [-0.25, -0.2) is 13.1 Å². The molecule has 0 spiro atoms. The van der Waals surface area contributed by atoms with Crippen molar-refractivity contribution in [1.29, 1.82) is 0 Å². The van der Waals surface area contributed by atoms with Crippen LogP contribution >= 0.6 is 0 Å². The zero-order chi connectivity index (χ0) is 15.5. The molecule has 2 heterocycles. The summed E-state index contributed by atoms with van der Waals surface area (Å²) in [4.78, 5) is 0.274. The summed E-state index contributed by atoms with van der Waals surface area (Å²) in [5.41, 5.74) is 0.715. The zero-order valence-corrected chi connectivity index (χ0v) is 13.7. The second-order valence-electron chi connectivity index (χ2n) is 5.38. The molecule has 0 saturated carbocycles. The van der Waals surface area contributed by atoms with E-state index < -0.39 is 10.0 Å². The number of nitrogens with one attached hydrogen (secondary N) is 2. The summed E-state index contributed by atoms with van der Waals surface area (Å²) in [5, 5.41) is 3.23. The van der Waals surface area contributed by atoms with Gasteiger partial charge in [0.15, 0.2) is 0 Å². The van der Waals surface area contributed by atoms with Gasteiger partial charge in [0, 0.05) is 24.8 Å². The second-order valence-corrected chi connectivity index (χ2v) is 7.03. The molecule has 1 aliphatic rings. The van der Waals surface area contributed by atoms with Gasteiger partial charge in [-0.1, -0.05) is 6.92 Å². The van der Waals surface area contributed by atoms with Crippen molar-refractivity contribution in [2.75, 3.05) is 19.8 Å². The first-order chi connectivity index (χ1) is 9.95. The molecule has 7 heteroatoms. The molecule has 1 aliphatic heterocycles. The Bertz CT molecular complexity index is 574. The minimum absolute atomic E-state index is 0.152. The molecule has 120 valence electrons. The average Bonchev–Trinajstić information content (AvgIpc) is 2.98. The summed E-state index contributed by atoms with van der Waals surface area (Å²) in [6.45, 7) is 7.92. The lowest BCUT2D eigenvalue weighted by molar-refractivity contribution is 0.192. The fraction of sp³-hybridized carbons (Fsp3) is 0.714. The SMILES string of the molecule is CCCNCc1c(C)oc(C)c1S(=O)(=O)NC1CCOC1. The highest BCUT2D eigenvalue weighted by Crippen LogP contribution is 2.27. The van der Waals surface area contributed by atoms with Crippen LogP contribution in [0.3, 0.4) is 0 Å². The lowest BCUT2D eigenvalue weighted by Gasteiger charge is -2.12. The van der Waals surface area contributed by atoms with E-state index in [1.165, 1.54) is 0 Å². The highest BCUT2D eigenvalue weighted by molar-refractivity contribution is 7.89. The Morgan fingerprint density at radius 3 is 2.67 bits per heavy atom. The standard InChI is InChI=1S/C14H24N2O4S/c1-4-6-15-8-13-10(2)20-11(3)14(13)21(17,18)16-12-5-7-19-9-12/h12,15-16H,4-9H2,1-3H3. The molecule has 0 bridgehead atoms. The summed E-state index contributed by atoms with van der Waals surface area (Å²) in [6.07, 6.45) is 1.70. The van der Waals surface area contributed by atoms with Crippen LogP contribution in [0.15, 0.2) is 9.31 Å². The first kappa shape index (κ1) is 16.5. The van der Waals surface area contributed by atoms with Crippen LogP contribution in [0, 0.1) is 13.8 Å². The maximum atomic E-state index is 12.6. The van der Waals surface area contributed by atoms with E-state index in [1.807, 2.05) is 0 Å². The lowest BCUT2D eigenvalue weighted by Crippen LogP contribution is -2.35. The third kappa shape index (κ3) is 3.85. The third-order valence-electron chi connectivity index (χ3n) is 3.57. The van der Waals surface area contributed by atoms with Crippen molar-refractivity contribution < 1.29 is 17.6 Å². The van der Waals surface area contributed by atoms with Crippen LogP contribution in [-0.2, 0) is 21.3 Å². The molecular weight excluding hydrogens is 292 g/mol. The normalized spacial score (nSPS) is 19.3. The number of aryl methyl sites for hydroxylation is 2. The molecule has 1 atom stereocenters. The zero-order valence-electron chi connectivity index (χ0n) is 12.9. The third-order valence-corrected chi connectivity index (χ3v) is 5.29. The Labute approximate surface area is 126 Å². The van der Waals surface area contributed by atoms with Crippen molar-refractivity contribution in [2.45, 2.75) is 51.1 Å². The Hall–Kier alpha value is -0.890. The molecule has 0 aliphatic carbocycles. The Morgan fingerprint density at radius 2 is 2.05 bits per heavy atom. The van der Waals surface area contributed by atoms with Gasteiger partial charge in [0.2, 0.25) is 10.0 Å². The number of sulfonamides is 1. The van der Waals surface area contributed by atoms with Gasteiger partial charge in [0.25, 0.3) is 0 Å². The number of hydrogen-bond acceptors (Lipinski definition) is 5. The summed E-state index contributed by atoms with van der Waals surface area (Å²) in [7, 11) is -3.59. The summed E-state index contributed by atoms with van der Waals surface area (Å²) in [6, 6.07) is -0.152. The van der Waals surface area contributed by atoms with Gasteiger partial charge in [-0.15, -0.1) is 0 Å². The average molecular weight is 316 g/mol. The summed E-state index contributed by atoms with van der Waals surface area (Å²) < 4.78 is 38.7. The fourth-order valence-corrected chi connectivity index (χ4v) is 4.27. The van der Waals surface area contributed by atoms with Crippen LogP contribution < -0.4 is 10.0 Å². The molecule has 2 rings (SSSR count). The minimum atomic E-state index is -3.59. The molecule has 1 aromatic rings. The smallest absolute Gasteiger partial charge is 0.244 e. The van der Waals surface area contributed by atoms with E-state index in [9.17, 15) is 8.42 Å². The Balaban J connectivity index is 2.23. The molecule has 2 N–H and O–H groups in total. The van der Waals surface area contributed by atoms with Crippen molar-refractivity contribution in [3.8, 4) is 0 Å². The molecule has 21 heavy (non-hydrogen) atoms. The molecule has 0 aromatic carbocycles. The Kier molecular flexibility index (Phi) is 5.43. The number of furan rings is 1. The quantitative estimate of drug-likeness (QED) is 0.745. The largest absolute Gasteiger partial charge is 0.465 e. The van der Waals surface area contributed by atoms with Crippen molar-refractivity contribution >= 4 is 10.0 Å². The Morgan fingerprint density at radius 1 is 1.29 bits per heavy atom. The molecule has 6 nitrogen and oxygen atoms in total. The van der Waals surface area contributed by atoms with Gasteiger partial charge in [-0.05, 0) is 33.2 Å². The predicted molar refractivity (Wildman–Crippen MR) is 79.7 cm³/mol. The first-order valence-corrected chi connectivity index (χ1v) is 8.83. The molecule has 0 amide bonds. The second kappa shape index (κ2) is 6.91. The van der Waals surface area contributed by atoms with Crippen molar-refractivity contribution in [1.82, 2.24) is 10.0 Å². The van der Waals surface area contributed by atoms with E-state index in [0.717, 1.165) is 13.0 Å². The van der Waals surface area contributed by atoms with E-state index in [4.69, 9.17) is 9.15 Å². The number of ether oxygens (including phenoxy) is 1. The highest BCUT2D eigenvalue weighted by Gasteiger charge is 2.30. The van der Waals surface area contributed by atoms with Crippen LogP contribution in [0.1, 0.15) is 36.8 Å². The van der Waals surface area contributed by atoms with Gasteiger partial charge in [-0.2, -0.15) is 0 Å². The summed E-state index contributed by atoms with van der Waals surface area (Å²) in [5.74, 6) is 1.09. The van der Waals surface area contributed by atoms with Crippen LogP contribution in [-0.4, -0.2) is 34.2 Å². The maximum Gasteiger partial charge on any atom is 0.244 e. The first-order valence-electron chi connectivity index (χ1n) is 7.35. The van der Waals surface area contributed by atoms with Gasteiger partial charge < -0.3 is 14.5 Å². The van der Waals surface area contributed by atoms with E-state index in [1.54, 1.807) is 13.8 Å². The predicted octanol–water partition coefficient (Wildman–Crippen LogP) is 1.46. The van der Waals surface area contributed by atoms with Crippen LogP contribution in [0.4, 0.5) is 0 Å². The molecule has 1 unspecified atom stereocenters. The monoisotopic (exact) mass is 316 g/mol. The topological polar surface area (TPSA) is 80.6 Å². The summed E-state index contributed by atoms with van der Waals surface area (Å²) >= 11 is 0. The lowest BCUT2D eigenvalue weighted by atomic mass is 10.2. The molecule has 1 fully saturated rings. The fourth-order valence-electron chi connectivity index (χ4n) is 2.56. The van der Waals surface area contributed by atoms with Crippen molar-refractivity contribution in [3.63, 3.8) is 0 Å². The van der Waals surface area contributed by atoms with Crippen molar-refractivity contribution in [2.24, 2.45) is 0 Å². The number of hydrogen-bond donors (Lipinski definition) is 2. The van der Waals surface area contributed by atoms with Crippen LogP contribution in [0.25, 0.3) is 0 Å². The molecular formula is C14H24N2O4S. The molecule has 1 aromatic heterocycles. The van der Waals surface area contributed by atoms with Gasteiger partial charge >= 0.3 is 0 Å². The molecule has 1 saturated heterocycles. The van der Waals surface area contributed by atoms with Gasteiger partial charge in [-0.3, -0.25) is 0 Å². The highest BCUT2D eigenvalue weighted by atomic mass is 32.2. The van der Waals surface area contributed by atoms with E-state index in [2.05, 4.69) is 17.0 Å².